The summed E-state index contributed by atoms with van der Waals surface area (Å²) in [5.41, 5.74) is 3.40. The average Bonchev–Trinajstić information content (AvgIpc) is 2.49. The molecule has 21 heavy (non-hydrogen) atoms. The van der Waals surface area contributed by atoms with E-state index in [2.05, 4.69) is 24.3 Å². The van der Waals surface area contributed by atoms with Crippen LogP contribution in [0.3, 0.4) is 0 Å². The van der Waals surface area contributed by atoms with Crippen molar-refractivity contribution in [2.75, 3.05) is 6.61 Å². The molecule has 0 aliphatic carbocycles. The topological polar surface area (TPSA) is 29.5 Å². The molecule has 2 heteroatoms. The van der Waals surface area contributed by atoms with Gasteiger partial charge in [-0.2, -0.15) is 0 Å². The van der Waals surface area contributed by atoms with Crippen LogP contribution >= 0.6 is 0 Å². The Morgan fingerprint density at radius 1 is 1.05 bits per heavy atom. The first-order chi connectivity index (χ1) is 10.2. The molecule has 1 atom stereocenters. The number of aryl methyl sites for hydroxylation is 2. The number of hydrogen-bond acceptors (Lipinski definition) is 2. The van der Waals surface area contributed by atoms with Gasteiger partial charge in [-0.25, -0.2) is 0 Å². The fraction of sp³-hybridized carbons (Fsp3) is 0.368. The van der Waals surface area contributed by atoms with Gasteiger partial charge in [-0.15, -0.1) is 0 Å². The number of aliphatic hydroxyl groups excluding tert-OH is 1. The van der Waals surface area contributed by atoms with Gasteiger partial charge in [0.1, 0.15) is 5.75 Å². The molecule has 0 spiro atoms. The quantitative estimate of drug-likeness (QED) is 0.761. The van der Waals surface area contributed by atoms with Crippen LogP contribution in [0.1, 0.15) is 42.6 Å². The van der Waals surface area contributed by atoms with E-state index in [-0.39, 0.29) is 0 Å². The van der Waals surface area contributed by atoms with Gasteiger partial charge >= 0.3 is 0 Å². The molecular formula is C19H24O2. The number of ether oxygens (including phenoxy) is 1. The molecule has 0 amide bonds. The molecule has 1 N–H and O–H groups in total. The van der Waals surface area contributed by atoms with Crippen molar-refractivity contribution in [1.29, 1.82) is 0 Å². The maximum Gasteiger partial charge on any atom is 0.122 e. The van der Waals surface area contributed by atoms with Crippen LogP contribution in [0, 0.1) is 6.92 Å². The first-order valence-corrected chi connectivity index (χ1v) is 7.62. The van der Waals surface area contributed by atoms with Gasteiger partial charge in [-0.05, 0) is 61.9 Å². The van der Waals surface area contributed by atoms with Gasteiger partial charge in [0.15, 0.2) is 0 Å². The molecular weight excluding hydrogens is 260 g/mol. The van der Waals surface area contributed by atoms with E-state index in [0.29, 0.717) is 0 Å². The third-order valence-corrected chi connectivity index (χ3v) is 3.64. The predicted molar refractivity (Wildman–Crippen MR) is 86.7 cm³/mol. The van der Waals surface area contributed by atoms with Gasteiger partial charge in [0.05, 0.1) is 12.7 Å². The second-order valence-corrected chi connectivity index (χ2v) is 5.49. The molecule has 0 bridgehead atoms. The molecule has 2 aromatic carbocycles. The number of unbranched alkanes of at least 4 members (excludes halogenated alkanes) is 1. The summed E-state index contributed by atoms with van der Waals surface area (Å²) in [6.07, 6.45) is 2.86. The van der Waals surface area contributed by atoms with Gasteiger partial charge in [0, 0.05) is 0 Å². The van der Waals surface area contributed by atoms with Crippen molar-refractivity contribution in [2.45, 2.75) is 39.2 Å². The Hall–Kier alpha value is -1.80. The van der Waals surface area contributed by atoms with Crippen molar-refractivity contribution in [3.8, 4) is 5.75 Å². The monoisotopic (exact) mass is 284 g/mol. The molecule has 0 radical (unpaired) electrons. The summed E-state index contributed by atoms with van der Waals surface area (Å²) in [4.78, 5) is 0. The number of benzene rings is 2. The lowest BCUT2D eigenvalue weighted by Crippen LogP contribution is -2.01. The maximum absolute atomic E-state index is 9.55. The number of hydrogen-bond donors (Lipinski definition) is 1. The summed E-state index contributed by atoms with van der Waals surface area (Å²) < 4.78 is 5.83. The molecule has 0 unspecified atom stereocenters. The maximum atomic E-state index is 9.55. The van der Waals surface area contributed by atoms with Crippen LogP contribution in [0.15, 0.2) is 48.5 Å². The molecule has 0 heterocycles. The van der Waals surface area contributed by atoms with Crippen molar-refractivity contribution >= 4 is 0 Å². The molecule has 112 valence electrons. The molecule has 0 aliphatic heterocycles. The average molecular weight is 284 g/mol. The van der Waals surface area contributed by atoms with Crippen LogP contribution in [0.2, 0.25) is 0 Å². The first kappa shape index (κ1) is 15.6. The largest absolute Gasteiger partial charge is 0.493 e. The third kappa shape index (κ3) is 4.91. The molecule has 0 fully saturated rings. The highest BCUT2D eigenvalue weighted by Gasteiger charge is 2.05. The lowest BCUT2D eigenvalue weighted by molar-refractivity contribution is 0.199. The van der Waals surface area contributed by atoms with E-state index in [0.717, 1.165) is 42.7 Å². The summed E-state index contributed by atoms with van der Waals surface area (Å²) in [7, 11) is 0. The fourth-order valence-corrected chi connectivity index (χ4v) is 2.35. The Bertz CT molecular complexity index is 547. The molecule has 0 saturated heterocycles. The van der Waals surface area contributed by atoms with Crippen molar-refractivity contribution in [2.24, 2.45) is 0 Å². The molecule has 0 aliphatic rings. The summed E-state index contributed by atoms with van der Waals surface area (Å²) in [5, 5.41) is 9.55. The van der Waals surface area contributed by atoms with E-state index < -0.39 is 6.10 Å². The van der Waals surface area contributed by atoms with Crippen molar-refractivity contribution < 1.29 is 9.84 Å². The second-order valence-electron chi connectivity index (χ2n) is 5.49. The summed E-state index contributed by atoms with van der Waals surface area (Å²) in [5.74, 6) is 0.916. The van der Waals surface area contributed by atoms with E-state index >= 15 is 0 Å². The Kier molecular flexibility index (Phi) is 5.82. The van der Waals surface area contributed by atoms with E-state index in [1.54, 1.807) is 6.92 Å². The van der Waals surface area contributed by atoms with Crippen LogP contribution in [0.5, 0.6) is 5.75 Å². The molecule has 0 saturated carbocycles. The zero-order chi connectivity index (χ0) is 15.1. The highest BCUT2D eigenvalue weighted by atomic mass is 16.5. The molecule has 2 aromatic rings. The number of rotatable bonds is 7. The van der Waals surface area contributed by atoms with Crippen LogP contribution in [-0.2, 0) is 6.42 Å². The smallest absolute Gasteiger partial charge is 0.122 e. The van der Waals surface area contributed by atoms with Crippen LogP contribution in [0.25, 0.3) is 0 Å². The molecule has 0 aromatic heterocycles. The van der Waals surface area contributed by atoms with Gasteiger partial charge in [-0.1, -0.05) is 36.4 Å². The zero-order valence-corrected chi connectivity index (χ0v) is 12.9. The summed E-state index contributed by atoms with van der Waals surface area (Å²) in [6, 6.07) is 16.4. The molecule has 2 nitrogen and oxygen atoms in total. The van der Waals surface area contributed by atoms with Crippen LogP contribution < -0.4 is 4.74 Å². The van der Waals surface area contributed by atoms with Gasteiger partial charge in [0.25, 0.3) is 0 Å². The minimum Gasteiger partial charge on any atom is -0.493 e. The predicted octanol–water partition coefficient (Wildman–Crippen LogP) is 4.45. The Labute approximate surface area is 127 Å². The van der Waals surface area contributed by atoms with Crippen molar-refractivity contribution in [1.82, 2.24) is 0 Å². The highest BCUT2D eigenvalue weighted by Crippen LogP contribution is 2.22. The lowest BCUT2D eigenvalue weighted by atomic mass is 10.1. The second kappa shape index (κ2) is 7.84. The van der Waals surface area contributed by atoms with Crippen molar-refractivity contribution in [3.63, 3.8) is 0 Å². The Balaban J connectivity index is 1.74. The van der Waals surface area contributed by atoms with Crippen LogP contribution in [-0.4, -0.2) is 11.7 Å². The zero-order valence-electron chi connectivity index (χ0n) is 12.9. The van der Waals surface area contributed by atoms with E-state index in [1.807, 2.05) is 31.2 Å². The lowest BCUT2D eigenvalue weighted by Gasteiger charge is -2.12. The minimum absolute atomic E-state index is 0.427. The third-order valence-electron chi connectivity index (χ3n) is 3.64. The normalized spacial score (nSPS) is 12.1. The molecule has 2 rings (SSSR count). The van der Waals surface area contributed by atoms with E-state index in [4.69, 9.17) is 4.74 Å². The van der Waals surface area contributed by atoms with Crippen molar-refractivity contribution in [3.05, 3.63) is 65.2 Å². The summed E-state index contributed by atoms with van der Waals surface area (Å²) in [6.45, 7) is 4.53. The first-order valence-electron chi connectivity index (χ1n) is 7.62. The van der Waals surface area contributed by atoms with E-state index in [1.165, 1.54) is 5.56 Å². The summed E-state index contributed by atoms with van der Waals surface area (Å²) >= 11 is 0. The highest BCUT2D eigenvalue weighted by molar-refractivity contribution is 5.36. The van der Waals surface area contributed by atoms with Gasteiger partial charge in [0.2, 0.25) is 0 Å². The number of aliphatic hydroxyl groups is 1. The fourth-order valence-electron chi connectivity index (χ4n) is 2.35. The Morgan fingerprint density at radius 3 is 2.48 bits per heavy atom. The van der Waals surface area contributed by atoms with Gasteiger partial charge < -0.3 is 9.84 Å². The Morgan fingerprint density at radius 2 is 1.81 bits per heavy atom. The SMILES string of the molecule is Cc1cc([C@@H](C)O)ccc1OCCCCc1ccccc1. The standard InChI is InChI=1S/C19H24O2/c1-15-14-18(16(2)20)11-12-19(15)21-13-7-6-10-17-8-4-3-5-9-17/h3-5,8-9,11-12,14,16,20H,6-7,10,13H2,1-2H3/t16-/m1/s1. The van der Waals surface area contributed by atoms with Gasteiger partial charge in [-0.3, -0.25) is 0 Å². The minimum atomic E-state index is -0.427. The van der Waals surface area contributed by atoms with E-state index in [9.17, 15) is 5.11 Å². The van der Waals surface area contributed by atoms with Crippen LogP contribution in [0.4, 0.5) is 0 Å².